The number of ether oxygens (including phenoxy) is 3. The number of phosphoric acid groups is 1. The zero-order chi connectivity index (χ0) is 27.6. The van der Waals surface area contributed by atoms with Gasteiger partial charge < -0.3 is 14.2 Å². The molecule has 1 rings (SSSR count). The summed E-state index contributed by atoms with van der Waals surface area (Å²) in [6, 6.07) is 1.40. The Labute approximate surface area is 209 Å². The number of aromatic nitrogens is 2. The SMILES string of the molecule is COC(CCn1ccc(NO)nc1=O)COP(=O)(OCOC(=O)C(C)(C)C)OCOC(=O)C(C)(C)C. The summed E-state index contributed by atoms with van der Waals surface area (Å²) in [5, 5.41) is 8.82. The molecular weight excluding hydrogens is 501 g/mol. The van der Waals surface area contributed by atoms with Crippen molar-refractivity contribution in [2.24, 2.45) is 10.8 Å². The molecule has 0 radical (unpaired) electrons. The van der Waals surface area contributed by atoms with Crippen LogP contribution in [0, 0.1) is 10.8 Å². The van der Waals surface area contributed by atoms with Crippen LogP contribution in [0.4, 0.5) is 5.82 Å². The number of hydrogen-bond donors (Lipinski definition) is 2. The van der Waals surface area contributed by atoms with Crippen LogP contribution in [0.1, 0.15) is 48.0 Å². The van der Waals surface area contributed by atoms with E-state index in [0.717, 1.165) is 0 Å². The van der Waals surface area contributed by atoms with Crippen molar-refractivity contribution in [3.8, 4) is 0 Å². The molecule has 0 bridgehead atoms. The average Bonchev–Trinajstić information content (AvgIpc) is 2.78. The lowest BCUT2D eigenvalue weighted by molar-refractivity contribution is -0.163. The minimum absolute atomic E-state index is 0.00238. The fourth-order valence-corrected chi connectivity index (χ4v) is 3.16. The molecular formula is C21H36N3O11P. The number of nitrogens with one attached hydrogen (secondary N) is 1. The van der Waals surface area contributed by atoms with Gasteiger partial charge in [0.25, 0.3) is 0 Å². The Balaban J connectivity index is 2.78. The molecule has 0 saturated heterocycles. The van der Waals surface area contributed by atoms with Gasteiger partial charge in [-0.1, -0.05) is 0 Å². The van der Waals surface area contributed by atoms with Crippen LogP contribution in [0.3, 0.4) is 0 Å². The summed E-state index contributed by atoms with van der Waals surface area (Å²) in [4.78, 5) is 39.5. The van der Waals surface area contributed by atoms with Gasteiger partial charge in [0, 0.05) is 19.9 Å². The average molecular weight is 538 g/mol. The molecule has 0 saturated carbocycles. The zero-order valence-electron chi connectivity index (χ0n) is 21.6. The number of esters is 2. The summed E-state index contributed by atoms with van der Waals surface area (Å²) in [5.74, 6) is -1.22. The van der Waals surface area contributed by atoms with Gasteiger partial charge in [-0.15, -0.1) is 0 Å². The second kappa shape index (κ2) is 13.8. The lowest BCUT2D eigenvalue weighted by atomic mass is 9.98. The molecule has 1 heterocycles. The van der Waals surface area contributed by atoms with Crippen molar-refractivity contribution in [1.82, 2.24) is 9.55 Å². The Morgan fingerprint density at radius 3 is 2.00 bits per heavy atom. The third kappa shape index (κ3) is 11.1. The number of hydrogen-bond acceptors (Lipinski definition) is 13. The number of phosphoric ester groups is 1. The van der Waals surface area contributed by atoms with Crippen molar-refractivity contribution in [3.05, 3.63) is 22.7 Å². The molecule has 1 aromatic heterocycles. The number of rotatable bonds is 14. The highest BCUT2D eigenvalue weighted by Gasteiger charge is 2.32. The highest BCUT2D eigenvalue weighted by Crippen LogP contribution is 2.49. The first-order chi connectivity index (χ1) is 16.6. The topological polar surface area (TPSA) is 174 Å². The van der Waals surface area contributed by atoms with E-state index in [-0.39, 0.29) is 25.4 Å². The van der Waals surface area contributed by atoms with Gasteiger partial charge in [-0.05, 0) is 54.0 Å². The molecule has 1 atom stereocenters. The third-order valence-corrected chi connectivity index (χ3v) is 5.77. The largest absolute Gasteiger partial charge is 0.480 e. The minimum Gasteiger partial charge on any atom is -0.437 e. The van der Waals surface area contributed by atoms with Gasteiger partial charge in [-0.2, -0.15) is 4.98 Å². The molecule has 36 heavy (non-hydrogen) atoms. The van der Waals surface area contributed by atoms with Crippen LogP contribution < -0.4 is 11.2 Å². The van der Waals surface area contributed by atoms with Crippen molar-refractivity contribution in [2.75, 3.05) is 32.8 Å². The third-order valence-electron chi connectivity index (χ3n) is 4.46. The van der Waals surface area contributed by atoms with E-state index in [2.05, 4.69) is 4.98 Å². The lowest BCUT2D eigenvalue weighted by Gasteiger charge is -2.23. The predicted octanol–water partition coefficient (Wildman–Crippen LogP) is 2.70. The van der Waals surface area contributed by atoms with Crippen molar-refractivity contribution in [1.29, 1.82) is 0 Å². The van der Waals surface area contributed by atoms with E-state index in [1.54, 1.807) is 47.0 Å². The number of aryl methyl sites for hydroxylation is 1. The van der Waals surface area contributed by atoms with Gasteiger partial charge in [0.05, 0.1) is 23.5 Å². The van der Waals surface area contributed by atoms with Gasteiger partial charge in [-0.25, -0.2) is 18.4 Å². The maximum Gasteiger partial charge on any atom is 0.480 e. The minimum atomic E-state index is -4.37. The van der Waals surface area contributed by atoms with E-state index in [0.29, 0.717) is 0 Å². The highest BCUT2D eigenvalue weighted by atomic mass is 31.2. The Hall–Kier alpha value is -2.35. The Bertz CT molecular complexity index is 933. The summed E-state index contributed by atoms with van der Waals surface area (Å²) in [6.45, 7) is 8.19. The summed E-state index contributed by atoms with van der Waals surface area (Å²) < 4.78 is 45.1. The van der Waals surface area contributed by atoms with Gasteiger partial charge in [-0.3, -0.25) is 29.4 Å². The molecule has 2 N–H and O–H groups in total. The van der Waals surface area contributed by atoms with Crippen molar-refractivity contribution >= 4 is 25.6 Å². The molecule has 0 aliphatic heterocycles. The van der Waals surface area contributed by atoms with Crippen LogP contribution in [-0.2, 0) is 48.5 Å². The molecule has 14 nitrogen and oxygen atoms in total. The maximum absolute atomic E-state index is 13.1. The number of carbonyl (C=O) groups excluding carboxylic acids is 2. The number of anilines is 1. The summed E-state index contributed by atoms with van der Waals surface area (Å²) in [5.41, 5.74) is -0.472. The lowest BCUT2D eigenvalue weighted by Crippen LogP contribution is -2.27. The first kappa shape index (κ1) is 31.7. The Kier molecular flexibility index (Phi) is 12.2. The maximum atomic E-state index is 13.1. The van der Waals surface area contributed by atoms with Crippen molar-refractivity contribution in [2.45, 2.75) is 60.6 Å². The molecule has 0 spiro atoms. The first-order valence-electron chi connectivity index (χ1n) is 11.0. The molecule has 0 fully saturated rings. The van der Waals surface area contributed by atoms with Crippen molar-refractivity contribution in [3.63, 3.8) is 0 Å². The van der Waals surface area contributed by atoms with E-state index in [1.807, 2.05) is 0 Å². The van der Waals surface area contributed by atoms with Gasteiger partial charge in [0.1, 0.15) is 0 Å². The summed E-state index contributed by atoms with van der Waals surface area (Å²) in [7, 11) is -2.99. The molecule has 1 aromatic rings. The molecule has 0 aliphatic carbocycles. The fraction of sp³-hybridized carbons (Fsp3) is 0.714. The normalized spacial score (nSPS) is 13.2. The zero-order valence-corrected chi connectivity index (χ0v) is 22.5. The fourth-order valence-electron chi connectivity index (χ4n) is 2.22. The molecule has 1 unspecified atom stereocenters. The van der Waals surface area contributed by atoms with Crippen LogP contribution in [0.2, 0.25) is 0 Å². The summed E-state index contributed by atoms with van der Waals surface area (Å²) >= 11 is 0. The number of carbonyl (C=O) groups is 2. The molecule has 0 aliphatic rings. The second-order valence-electron chi connectivity index (χ2n) is 9.65. The van der Waals surface area contributed by atoms with Crippen LogP contribution in [-0.4, -0.2) is 60.1 Å². The van der Waals surface area contributed by atoms with E-state index < -0.39 is 56.0 Å². The molecule has 206 valence electrons. The number of methoxy groups -OCH3 is 1. The smallest absolute Gasteiger partial charge is 0.437 e. The van der Waals surface area contributed by atoms with E-state index in [4.69, 9.17) is 33.0 Å². The standard InChI is InChI=1S/C21H36N3O11P/c1-20(2,3)17(25)31-13-34-36(29,35-14-32-18(26)21(4,5)6)33-12-15(30-7)8-10-24-11-9-16(23-28)22-19(24)27/h9,11,15,28H,8,10,12-14H2,1-7H3,(H,22,23,27). The Morgan fingerprint density at radius 2 is 1.58 bits per heavy atom. The van der Waals surface area contributed by atoms with Crippen LogP contribution >= 0.6 is 7.82 Å². The van der Waals surface area contributed by atoms with Gasteiger partial charge in [0.2, 0.25) is 13.6 Å². The van der Waals surface area contributed by atoms with Gasteiger partial charge >= 0.3 is 25.5 Å². The molecule has 0 amide bonds. The second-order valence-corrected chi connectivity index (χ2v) is 11.3. The molecule has 15 heteroatoms. The molecule has 0 aromatic carbocycles. The Morgan fingerprint density at radius 1 is 1.06 bits per heavy atom. The van der Waals surface area contributed by atoms with E-state index in [1.165, 1.54) is 23.9 Å². The summed E-state index contributed by atoms with van der Waals surface area (Å²) in [6.07, 6.45) is 0.996. The van der Waals surface area contributed by atoms with Crippen molar-refractivity contribution < 1.29 is 47.1 Å². The predicted molar refractivity (Wildman–Crippen MR) is 126 cm³/mol. The monoisotopic (exact) mass is 537 g/mol. The first-order valence-corrected chi connectivity index (χ1v) is 12.5. The highest BCUT2D eigenvalue weighted by molar-refractivity contribution is 7.48. The number of nitrogens with zero attached hydrogens (tertiary/aromatic N) is 2. The van der Waals surface area contributed by atoms with Crippen LogP contribution in [0.15, 0.2) is 17.1 Å². The van der Waals surface area contributed by atoms with Gasteiger partial charge in [0.15, 0.2) is 5.82 Å². The van der Waals surface area contributed by atoms with Crippen LogP contribution in [0.5, 0.6) is 0 Å². The quantitative estimate of drug-likeness (QED) is 0.154. The van der Waals surface area contributed by atoms with E-state index >= 15 is 0 Å². The van der Waals surface area contributed by atoms with Crippen LogP contribution in [0.25, 0.3) is 0 Å². The van der Waals surface area contributed by atoms with E-state index in [9.17, 15) is 18.9 Å².